The number of para-hydroxylation sites is 1. The van der Waals surface area contributed by atoms with Gasteiger partial charge < -0.3 is 9.47 Å². The topological polar surface area (TPSA) is 86.5 Å². The normalized spacial score (nSPS) is 10.3. The van der Waals surface area contributed by atoms with E-state index in [1.165, 1.54) is 11.3 Å². The number of aryl methyl sites for hydroxylation is 1. The Hall–Kier alpha value is -2.12. The van der Waals surface area contributed by atoms with Gasteiger partial charge in [0.15, 0.2) is 11.5 Å². The van der Waals surface area contributed by atoms with Gasteiger partial charge in [-0.25, -0.2) is 10.8 Å². The van der Waals surface area contributed by atoms with E-state index in [4.69, 9.17) is 15.3 Å². The number of nitrogens with zero attached hydrogens (tertiary/aromatic N) is 1. The number of aromatic nitrogens is 1. The quantitative estimate of drug-likeness (QED) is 0.501. The zero-order valence-electron chi connectivity index (χ0n) is 12.1. The van der Waals surface area contributed by atoms with E-state index < -0.39 is 0 Å². The molecule has 1 heterocycles. The van der Waals surface area contributed by atoms with E-state index in [0.717, 1.165) is 5.56 Å². The van der Waals surface area contributed by atoms with E-state index in [2.05, 4.69) is 10.4 Å². The molecular formula is C14H17N3O3S. The van der Waals surface area contributed by atoms with E-state index in [0.29, 0.717) is 33.5 Å². The highest BCUT2D eigenvalue weighted by Crippen LogP contribution is 2.40. The van der Waals surface area contributed by atoms with Crippen molar-refractivity contribution in [3.8, 4) is 22.1 Å². The van der Waals surface area contributed by atoms with Crippen LogP contribution in [0.3, 0.4) is 0 Å². The van der Waals surface area contributed by atoms with Crippen molar-refractivity contribution in [2.24, 2.45) is 5.84 Å². The van der Waals surface area contributed by atoms with Crippen molar-refractivity contribution < 1.29 is 14.3 Å². The maximum atomic E-state index is 11.8. The Morgan fingerprint density at radius 1 is 1.38 bits per heavy atom. The third-order valence-corrected chi connectivity index (χ3v) is 4.13. The van der Waals surface area contributed by atoms with Gasteiger partial charge in [0, 0.05) is 0 Å². The fourth-order valence-electron chi connectivity index (χ4n) is 2.01. The number of methoxy groups -OCH3 is 2. The van der Waals surface area contributed by atoms with Crippen LogP contribution in [0.1, 0.15) is 22.3 Å². The number of amides is 1. The third-order valence-electron chi connectivity index (χ3n) is 3.00. The van der Waals surface area contributed by atoms with Crippen LogP contribution in [0.25, 0.3) is 10.6 Å². The number of nitrogens with two attached hydrogens (primary N) is 1. The van der Waals surface area contributed by atoms with Crippen LogP contribution in [-0.2, 0) is 6.42 Å². The molecule has 1 amide bonds. The molecule has 0 radical (unpaired) electrons. The monoisotopic (exact) mass is 307 g/mol. The number of carbonyl (C=O) groups excluding carboxylic acids is 1. The van der Waals surface area contributed by atoms with Gasteiger partial charge in [0.2, 0.25) is 0 Å². The van der Waals surface area contributed by atoms with Crippen LogP contribution in [0.5, 0.6) is 11.5 Å². The molecule has 21 heavy (non-hydrogen) atoms. The maximum Gasteiger partial charge on any atom is 0.277 e. The summed E-state index contributed by atoms with van der Waals surface area (Å²) in [5.74, 6) is 6.09. The molecule has 7 heteroatoms. The molecule has 0 atom stereocenters. The second-order valence-corrected chi connectivity index (χ2v) is 5.16. The van der Waals surface area contributed by atoms with Crippen LogP contribution in [0, 0.1) is 0 Å². The molecule has 0 unspecified atom stereocenters. The predicted molar refractivity (Wildman–Crippen MR) is 81.7 cm³/mol. The standard InChI is InChI=1S/C14H17N3O3S/c1-4-9-12(13(18)17-15)21-14(16-9)8-6-5-7-10(19-2)11(8)20-3/h5-7H,4,15H2,1-3H3,(H,17,18). The Bertz CT molecular complexity index is 655. The van der Waals surface area contributed by atoms with Gasteiger partial charge in [0.25, 0.3) is 5.91 Å². The first kappa shape index (κ1) is 15.3. The molecule has 6 nitrogen and oxygen atoms in total. The zero-order chi connectivity index (χ0) is 15.4. The van der Waals surface area contributed by atoms with Crippen LogP contribution in [0.4, 0.5) is 0 Å². The van der Waals surface area contributed by atoms with E-state index in [1.807, 2.05) is 25.1 Å². The number of thiazole rings is 1. The lowest BCUT2D eigenvalue weighted by Crippen LogP contribution is -2.29. The first-order chi connectivity index (χ1) is 10.2. The molecule has 0 fully saturated rings. The molecular weight excluding hydrogens is 290 g/mol. The fourth-order valence-corrected chi connectivity index (χ4v) is 3.08. The summed E-state index contributed by atoms with van der Waals surface area (Å²) in [5.41, 5.74) is 3.64. The van der Waals surface area contributed by atoms with Gasteiger partial charge in [-0.1, -0.05) is 13.0 Å². The van der Waals surface area contributed by atoms with Crippen molar-refractivity contribution in [2.75, 3.05) is 14.2 Å². The fraction of sp³-hybridized carbons (Fsp3) is 0.286. The molecule has 0 aliphatic carbocycles. The summed E-state index contributed by atoms with van der Waals surface area (Å²) in [4.78, 5) is 16.8. The summed E-state index contributed by atoms with van der Waals surface area (Å²) in [5, 5.41) is 0.696. The molecule has 0 aliphatic heterocycles. The van der Waals surface area contributed by atoms with Gasteiger partial charge in [0.1, 0.15) is 9.88 Å². The van der Waals surface area contributed by atoms with Gasteiger partial charge in [-0.15, -0.1) is 11.3 Å². The largest absolute Gasteiger partial charge is 0.493 e. The van der Waals surface area contributed by atoms with E-state index in [1.54, 1.807) is 14.2 Å². The first-order valence-corrected chi connectivity index (χ1v) is 7.19. The van der Waals surface area contributed by atoms with Crippen molar-refractivity contribution in [1.29, 1.82) is 0 Å². The average Bonchev–Trinajstić information content (AvgIpc) is 2.97. The Labute approximate surface area is 126 Å². The minimum Gasteiger partial charge on any atom is -0.493 e. The van der Waals surface area contributed by atoms with Crippen molar-refractivity contribution in [3.05, 3.63) is 28.8 Å². The van der Waals surface area contributed by atoms with Gasteiger partial charge in [-0.05, 0) is 18.6 Å². The number of rotatable bonds is 5. The second kappa shape index (κ2) is 6.55. The smallest absolute Gasteiger partial charge is 0.277 e. The lowest BCUT2D eigenvalue weighted by Gasteiger charge is -2.10. The Kier molecular flexibility index (Phi) is 4.77. The number of hydrogen-bond donors (Lipinski definition) is 2. The van der Waals surface area contributed by atoms with Crippen molar-refractivity contribution in [2.45, 2.75) is 13.3 Å². The minimum atomic E-state index is -0.336. The lowest BCUT2D eigenvalue weighted by molar-refractivity contribution is 0.0956. The van der Waals surface area contributed by atoms with Crippen LogP contribution in [-0.4, -0.2) is 25.1 Å². The third kappa shape index (κ3) is 2.84. The molecule has 0 saturated heterocycles. The average molecular weight is 307 g/mol. The van der Waals surface area contributed by atoms with Crippen molar-refractivity contribution >= 4 is 17.2 Å². The summed E-state index contributed by atoms with van der Waals surface area (Å²) >= 11 is 1.28. The molecule has 2 aromatic rings. The van der Waals surface area contributed by atoms with Crippen LogP contribution in [0.2, 0.25) is 0 Å². The number of nitrogen functional groups attached to an aromatic ring is 1. The molecule has 1 aromatic carbocycles. The summed E-state index contributed by atoms with van der Waals surface area (Å²) < 4.78 is 10.7. The number of hydrogen-bond acceptors (Lipinski definition) is 6. The number of hydrazine groups is 1. The molecule has 2 rings (SSSR count). The first-order valence-electron chi connectivity index (χ1n) is 6.38. The highest BCUT2D eigenvalue weighted by atomic mass is 32.1. The highest BCUT2D eigenvalue weighted by Gasteiger charge is 2.20. The zero-order valence-corrected chi connectivity index (χ0v) is 12.9. The molecule has 0 bridgehead atoms. The summed E-state index contributed by atoms with van der Waals surface area (Å²) in [6.45, 7) is 1.94. The second-order valence-electron chi connectivity index (χ2n) is 4.16. The van der Waals surface area contributed by atoms with Crippen molar-refractivity contribution in [3.63, 3.8) is 0 Å². The molecule has 0 aliphatic rings. The molecule has 1 aromatic heterocycles. The number of nitrogens with one attached hydrogen (secondary N) is 1. The molecule has 112 valence electrons. The summed E-state index contributed by atoms with van der Waals surface area (Å²) in [6.07, 6.45) is 0.644. The van der Waals surface area contributed by atoms with Crippen LogP contribution >= 0.6 is 11.3 Å². The maximum absolute atomic E-state index is 11.8. The summed E-state index contributed by atoms with van der Waals surface area (Å²) in [6, 6.07) is 5.54. The Morgan fingerprint density at radius 3 is 2.71 bits per heavy atom. The Balaban J connectivity index is 2.57. The molecule has 3 N–H and O–H groups in total. The van der Waals surface area contributed by atoms with Crippen LogP contribution in [0.15, 0.2) is 18.2 Å². The predicted octanol–water partition coefficient (Wildman–Crippen LogP) is 1.99. The number of benzene rings is 1. The highest BCUT2D eigenvalue weighted by molar-refractivity contribution is 7.17. The number of carbonyl (C=O) groups is 1. The SMILES string of the molecule is CCc1nc(-c2cccc(OC)c2OC)sc1C(=O)NN. The van der Waals surface area contributed by atoms with E-state index in [-0.39, 0.29) is 5.91 Å². The van der Waals surface area contributed by atoms with Gasteiger partial charge in [0.05, 0.1) is 25.5 Å². The Morgan fingerprint density at radius 2 is 2.14 bits per heavy atom. The van der Waals surface area contributed by atoms with Gasteiger partial charge in [-0.3, -0.25) is 10.2 Å². The molecule has 0 saturated carbocycles. The summed E-state index contributed by atoms with van der Waals surface area (Å²) in [7, 11) is 3.15. The van der Waals surface area contributed by atoms with Crippen molar-refractivity contribution in [1.82, 2.24) is 10.4 Å². The minimum absolute atomic E-state index is 0.336. The van der Waals surface area contributed by atoms with Gasteiger partial charge in [-0.2, -0.15) is 0 Å². The molecule has 0 spiro atoms. The van der Waals surface area contributed by atoms with E-state index in [9.17, 15) is 4.79 Å². The number of ether oxygens (including phenoxy) is 2. The van der Waals surface area contributed by atoms with E-state index >= 15 is 0 Å². The van der Waals surface area contributed by atoms with Crippen LogP contribution < -0.4 is 20.7 Å². The lowest BCUT2D eigenvalue weighted by atomic mass is 10.2. The van der Waals surface area contributed by atoms with Gasteiger partial charge >= 0.3 is 0 Å².